The van der Waals surface area contributed by atoms with Crippen molar-refractivity contribution in [1.82, 2.24) is 0 Å². The molecule has 21 heavy (non-hydrogen) atoms. The van der Waals surface area contributed by atoms with Crippen LogP contribution in [0.25, 0.3) is 0 Å². The van der Waals surface area contributed by atoms with Gasteiger partial charge < -0.3 is 5.73 Å². The lowest BCUT2D eigenvalue weighted by atomic mass is 10.3. The fraction of sp³-hybridized carbons (Fsp3) is 0. The van der Waals surface area contributed by atoms with Crippen LogP contribution in [-0.4, -0.2) is 8.42 Å². The Labute approximate surface area is 129 Å². The van der Waals surface area contributed by atoms with Gasteiger partial charge in [-0.15, -0.1) is 0 Å². The maximum Gasteiger partial charge on any atom is 0.263 e. The summed E-state index contributed by atoms with van der Waals surface area (Å²) < 4.78 is 52.9. The summed E-state index contributed by atoms with van der Waals surface area (Å²) in [6.07, 6.45) is 0. The molecule has 0 aliphatic heterocycles. The fourth-order valence-corrected chi connectivity index (χ4v) is 3.48. The number of nitrogens with one attached hydrogen (secondary N) is 1. The summed E-state index contributed by atoms with van der Waals surface area (Å²) in [5.41, 5.74) is 5.08. The van der Waals surface area contributed by atoms with Gasteiger partial charge in [-0.2, -0.15) is 0 Å². The highest BCUT2D eigenvalue weighted by Crippen LogP contribution is 2.31. The molecule has 2 aromatic rings. The summed E-state index contributed by atoms with van der Waals surface area (Å²) in [4.78, 5) is -0.344. The van der Waals surface area contributed by atoms with Crippen LogP contribution in [0.5, 0.6) is 0 Å². The van der Waals surface area contributed by atoms with Gasteiger partial charge in [-0.1, -0.05) is 23.2 Å². The number of hydrogen-bond acceptors (Lipinski definition) is 3. The van der Waals surface area contributed by atoms with Crippen LogP contribution in [0, 0.1) is 11.6 Å². The number of sulfonamides is 1. The van der Waals surface area contributed by atoms with Gasteiger partial charge in [0.25, 0.3) is 10.0 Å². The van der Waals surface area contributed by atoms with E-state index >= 15 is 0 Å². The Morgan fingerprint density at radius 3 is 2.33 bits per heavy atom. The summed E-state index contributed by atoms with van der Waals surface area (Å²) in [7, 11) is -4.23. The summed E-state index contributed by atoms with van der Waals surface area (Å²) >= 11 is 11.4. The van der Waals surface area contributed by atoms with Crippen molar-refractivity contribution in [2.24, 2.45) is 0 Å². The van der Waals surface area contributed by atoms with E-state index in [1.54, 1.807) is 0 Å². The Kier molecular flexibility index (Phi) is 4.27. The van der Waals surface area contributed by atoms with Crippen LogP contribution in [0.1, 0.15) is 0 Å². The minimum absolute atomic E-state index is 0.102. The number of benzene rings is 2. The average molecular weight is 353 g/mol. The Balaban J connectivity index is 2.50. The van der Waals surface area contributed by atoms with E-state index in [0.29, 0.717) is 6.07 Å². The number of anilines is 2. The Morgan fingerprint density at radius 2 is 1.71 bits per heavy atom. The molecule has 0 heterocycles. The molecule has 0 atom stereocenters. The second-order valence-corrected chi connectivity index (χ2v) is 6.51. The molecule has 2 rings (SSSR count). The van der Waals surface area contributed by atoms with Crippen molar-refractivity contribution in [3.05, 3.63) is 52.0 Å². The Hall–Kier alpha value is -1.57. The topological polar surface area (TPSA) is 72.2 Å². The highest BCUT2D eigenvalue weighted by molar-refractivity contribution is 7.92. The molecule has 2 aromatic carbocycles. The lowest BCUT2D eigenvalue weighted by Crippen LogP contribution is -2.15. The molecular formula is C12H8Cl2F2N2O2S. The van der Waals surface area contributed by atoms with E-state index in [1.807, 2.05) is 4.72 Å². The molecule has 112 valence electrons. The van der Waals surface area contributed by atoms with Gasteiger partial charge in [0, 0.05) is 11.8 Å². The Morgan fingerprint density at radius 1 is 1.05 bits per heavy atom. The molecule has 0 aliphatic carbocycles. The maximum atomic E-state index is 13.6. The normalized spacial score (nSPS) is 11.4. The second-order valence-electron chi connectivity index (χ2n) is 4.04. The first-order valence-electron chi connectivity index (χ1n) is 5.43. The van der Waals surface area contributed by atoms with Crippen LogP contribution in [0.4, 0.5) is 20.2 Å². The van der Waals surface area contributed by atoms with E-state index in [1.165, 1.54) is 12.1 Å². The predicted molar refractivity (Wildman–Crippen MR) is 78.0 cm³/mol. The van der Waals surface area contributed by atoms with Crippen molar-refractivity contribution in [3.63, 3.8) is 0 Å². The second kappa shape index (κ2) is 5.67. The molecule has 0 bridgehead atoms. The quantitative estimate of drug-likeness (QED) is 0.828. The Bertz CT molecular complexity index is 790. The zero-order valence-electron chi connectivity index (χ0n) is 10.2. The van der Waals surface area contributed by atoms with E-state index in [-0.39, 0.29) is 15.6 Å². The van der Waals surface area contributed by atoms with Crippen LogP contribution in [0.3, 0.4) is 0 Å². The van der Waals surface area contributed by atoms with Gasteiger partial charge in [0.2, 0.25) is 0 Å². The maximum absolute atomic E-state index is 13.6. The number of rotatable bonds is 3. The summed E-state index contributed by atoms with van der Waals surface area (Å²) in [6, 6.07) is 5.09. The van der Waals surface area contributed by atoms with E-state index in [9.17, 15) is 17.2 Å². The van der Waals surface area contributed by atoms with E-state index in [2.05, 4.69) is 0 Å². The molecule has 0 radical (unpaired) electrons. The van der Waals surface area contributed by atoms with Gasteiger partial charge in [-0.25, -0.2) is 17.2 Å². The lowest BCUT2D eigenvalue weighted by molar-refractivity contribution is 0.583. The number of nitrogen functional groups attached to an aromatic ring is 1. The largest absolute Gasteiger partial charge is 0.399 e. The van der Waals surface area contributed by atoms with Gasteiger partial charge in [-0.3, -0.25) is 4.72 Å². The van der Waals surface area contributed by atoms with Crippen LogP contribution in [-0.2, 0) is 10.0 Å². The van der Waals surface area contributed by atoms with Crippen molar-refractivity contribution < 1.29 is 17.2 Å². The minimum Gasteiger partial charge on any atom is -0.399 e. The van der Waals surface area contributed by atoms with Crippen molar-refractivity contribution >= 4 is 44.6 Å². The standard InChI is InChI=1S/C12H8Cl2F2N2O2S/c13-8-2-1-7(17)5-11(8)21(19,20)18-12-9(14)3-6(15)4-10(12)16/h1-5,18H,17H2. The molecule has 0 spiro atoms. The van der Waals surface area contributed by atoms with E-state index in [4.69, 9.17) is 28.9 Å². The first-order valence-corrected chi connectivity index (χ1v) is 7.67. The van der Waals surface area contributed by atoms with Crippen LogP contribution in [0.2, 0.25) is 10.0 Å². The van der Waals surface area contributed by atoms with E-state index < -0.39 is 32.4 Å². The number of nitrogens with two attached hydrogens (primary N) is 1. The van der Waals surface area contributed by atoms with Crippen molar-refractivity contribution in [1.29, 1.82) is 0 Å². The van der Waals surface area contributed by atoms with Gasteiger partial charge in [0.05, 0.1) is 10.0 Å². The molecule has 0 aromatic heterocycles. The molecule has 0 amide bonds. The van der Waals surface area contributed by atoms with Crippen LogP contribution >= 0.6 is 23.2 Å². The summed E-state index contributed by atoms with van der Waals surface area (Å²) in [5.74, 6) is -2.08. The van der Waals surface area contributed by atoms with Gasteiger partial charge in [0.1, 0.15) is 16.4 Å². The molecule has 9 heteroatoms. The molecule has 4 nitrogen and oxygen atoms in total. The highest BCUT2D eigenvalue weighted by Gasteiger charge is 2.22. The molecule has 0 unspecified atom stereocenters. The fourth-order valence-electron chi connectivity index (χ4n) is 1.55. The van der Waals surface area contributed by atoms with Crippen LogP contribution in [0.15, 0.2) is 35.2 Å². The van der Waals surface area contributed by atoms with Gasteiger partial charge in [-0.05, 0) is 24.3 Å². The molecule has 0 saturated carbocycles. The summed E-state index contributed by atoms with van der Waals surface area (Å²) in [5, 5.41) is -0.522. The van der Waals surface area contributed by atoms with Crippen molar-refractivity contribution in [2.45, 2.75) is 4.90 Å². The lowest BCUT2D eigenvalue weighted by Gasteiger charge is -2.12. The molecule has 0 fully saturated rings. The summed E-state index contributed by atoms with van der Waals surface area (Å²) in [6.45, 7) is 0. The first kappa shape index (κ1) is 15.8. The number of hydrogen-bond donors (Lipinski definition) is 2. The molecule has 0 aliphatic rings. The van der Waals surface area contributed by atoms with Crippen LogP contribution < -0.4 is 10.5 Å². The number of halogens is 4. The minimum atomic E-state index is -4.23. The average Bonchev–Trinajstić information content (AvgIpc) is 2.36. The van der Waals surface area contributed by atoms with E-state index in [0.717, 1.165) is 12.1 Å². The highest BCUT2D eigenvalue weighted by atomic mass is 35.5. The van der Waals surface area contributed by atoms with Gasteiger partial charge in [0.15, 0.2) is 5.82 Å². The molecule has 0 saturated heterocycles. The SMILES string of the molecule is Nc1ccc(Cl)c(S(=O)(=O)Nc2c(F)cc(F)cc2Cl)c1. The van der Waals surface area contributed by atoms with Crippen molar-refractivity contribution in [2.75, 3.05) is 10.5 Å². The zero-order valence-corrected chi connectivity index (χ0v) is 12.5. The molecule has 3 N–H and O–H groups in total. The first-order chi connectivity index (χ1) is 9.70. The van der Waals surface area contributed by atoms with Gasteiger partial charge >= 0.3 is 0 Å². The van der Waals surface area contributed by atoms with Crippen molar-refractivity contribution in [3.8, 4) is 0 Å². The smallest absolute Gasteiger partial charge is 0.263 e. The third-order valence-corrected chi connectivity index (χ3v) is 4.62. The third kappa shape index (κ3) is 3.37. The third-order valence-electron chi connectivity index (χ3n) is 2.49. The molecular weight excluding hydrogens is 345 g/mol. The predicted octanol–water partition coefficient (Wildman–Crippen LogP) is 3.65. The monoisotopic (exact) mass is 352 g/mol. The zero-order chi connectivity index (χ0) is 15.8.